The molecule has 0 aliphatic rings. The fourth-order valence-corrected chi connectivity index (χ4v) is 5.53. The van der Waals surface area contributed by atoms with Crippen molar-refractivity contribution in [3.63, 3.8) is 0 Å². The zero-order chi connectivity index (χ0) is 17.8. The summed E-state index contributed by atoms with van der Waals surface area (Å²) in [6, 6.07) is 4.29. The maximum Gasteiger partial charge on any atom is 0.500 e. The predicted octanol–water partition coefficient (Wildman–Crippen LogP) is 3.56. The van der Waals surface area contributed by atoms with E-state index in [1.54, 1.807) is 12.1 Å². The van der Waals surface area contributed by atoms with Gasteiger partial charge >= 0.3 is 8.80 Å². The second kappa shape index (κ2) is 10.7. The Kier molecular flexibility index (Phi) is 8.55. The molecule has 1 rings (SSSR count). The molecule has 1 aromatic rings. The monoisotopic (exact) mass is 358 g/mol. The Balaban J connectivity index is 2.47. The number of nitrogens with one attached hydrogen (secondary N) is 1. The molecule has 0 atom stereocenters. The van der Waals surface area contributed by atoms with Gasteiger partial charge < -0.3 is 18.6 Å². The van der Waals surface area contributed by atoms with Gasteiger partial charge in [-0.15, -0.1) is 11.3 Å². The number of hydrogen-bond acceptors (Lipinski definition) is 5. The molecule has 1 N–H and O–H groups in total. The minimum Gasteiger partial charge on any atom is -0.374 e. The summed E-state index contributed by atoms with van der Waals surface area (Å²) in [7, 11) is -2.63. The SMILES string of the molecule is [2H]C=Cc1ccc(C(=O)NCCC[Si](OCC)(OCC)OCC)s1. The van der Waals surface area contributed by atoms with Crippen LogP contribution in [0.5, 0.6) is 0 Å². The van der Waals surface area contributed by atoms with Crippen molar-refractivity contribution in [2.45, 2.75) is 33.2 Å². The maximum atomic E-state index is 12.1. The minimum atomic E-state index is -2.63. The molecule has 23 heavy (non-hydrogen) atoms. The van der Waals surface area contributed by atoms with Gasteiger partial charge in [-0.1, -0.05) is 12.6 Å². The van der Waals surface area contributed by atoms with E-state index in [4.69, 9.17) is 14.6 Å². The van der Waals surface area contributed by atoms with E-state index < -0.39 is 8.80 Å². The summed E-state index contributed by atoms with van der Waals surface area (Å²) in [6.07, 6.45) is 2.40. The fourth-order valence-electron chi connectivity index (χ4n) is 2.16. The minimum absolute atomic E-state index is 0.0962. The van der Waals surface area contributed by atoms with Gasteiger partial charge in [-0.3, -0.25) is 4.79 Å². The molecule has 0 saturated carbocycles. The number of amides is 1. The molecule has 0 spiro atoms. The van der Waals surface area contributed by atoms with Crippen LogP contribution in [0.1, 0.15) is 43.1 Å². The van der Waals surface area contributed by atoms with Crippen molar-refractivity contribution < 1.29 is 19.4 Å². The topological polar surface area (TPSA) is 56.8 Å². The standard InChI is InChI=1S/C16H27NO4SSi/c1-5-14-10-11-15(22-14)16(18)17-12-9-13-23(19-6-2,20-7-3)21-8-4/h5,10-11H,1,6-9,12-13H2,2-4H3,(H,17,18)/i1D. The van der Waals surface area contributed by atoms with Crippen molar-refractivity contribution in [3.05, 3.63) is 28.4 Å². The van der Waals surface area contributed by atoms with Crippen LogP contribution in [0.25, 0.3) is 6.08 Å². The van der Waals surface area contributed by atoms with E-state index in [-0.39, 0.29) is 5.91 Å². The Bertz CT molecular complexity index is 507. The van der Waals surface area contributed by atoms with Crippen molar-refractivity contribution in [1.82, 2.24) is 5.32 Å². The number of carbonyl (C=O) groups excluding carboxylic acids is 1. The molecule has 130 valence electrons. The second-order valence-electron chi connectivity index (χ2n) is 4.71. The Labute approximate surface area is 145 Å². The Morgan fingerprint density at radius 2 is 1.96 bits per heavy atom. The average molecular weight is 359 g/mol. The van der Waals surface area contributed by atoms with Crippen LogP contribution in [0.3, 0.4) is 0 Å². The lowest BCUT2D eigenvalue weighted by molar-refractivity contribution is 0.0705. The number of thiophene rings is 1. The molecule has 1 aromatic heterocycles. The lowest BCUT2D eigenvalue weighted by Crippen LogP contribution is -2.46. The lowest BCUT2D eigenvalue weighted by Gasteiger charge is -2.28. The fraction of sp³-hybridized carbons (Fsp3) is 0.562. The molecule has 0 fully saturated rings. The second-order valence-corrected chi connectivity index (χ2v) is 8.56. The number of hydrogen-bond donors (Lipinski definition) is 1. The van der Waals surface area contributed by atoms with Crippen LogP contribution in [0.2, 0.25) is 6.04 Å². The van der Waals surface area contributed by atoms with Gasteiger partial charge in [0.2, 0.25) is 0 Å². The van der Waals surface area contributed by atoms with E-state index in [2.05, 4.69) is 5.32 Å². The first kappa shape index (κ1) is 18.3. The van der Waals surface area contributed by atoms with Crippen LogP contribution >= 0.6 is 11.3 Å². The molecule has 1 heterocycles. The summed E-state index contributed by atoms with van der Waals surface area (Å²) in [5.41, 5.74) is 0. The van der Waals surface area contributed by atoms with Gasteiger partial charge in [-0.2, -0.15) is 0 Å². The van der Waals surface area contributed by atoms with Gasteiger partial charge in [0.15, 0.2) is 0 Å². The van der Waals surface area contributed by atoms with Crippen molar-refractivity contribution in [3.8, 4) is 0 Å². The van der Waals surface area contributed by atoms with E-state index in [0.29, 0.717) is 37.3 Å². The summed E-state index contributed by atoms with van der Waals surface area (Å²) in [4.78, 5) is 13.6. The van der Waals surface area contributed by atoms with Gasteiger partial charge in [0.25, 0.3) is 5.91 Å². The van der Waals surface area contributed by atoms with Crippen LogP contribution in [-0.2, 0) is 13.3 Å². The van der Waals surface area contributed by atoms with Crippen LogP contribution in [0, 0.1) is 0 Å². The summed E-state index contributed by atoms with van der Waals surface area (Å²) in [5.74, 6) is -0.0962. The Morgan fingerprint density at radius 1 is 1.30 bits per heavy atom. The first-order valence-corrected chi connectivity index (χ1v) is 10.7. The lowest BCUT2D eigenvalue weighted by atomic mass is 10.4. The van der Waals surface area contributed by atoms with Crippen molar-refractivity contribution in [1.29, 1.82) is 0 Å². The highest BCUT2D eigenvalue weighted by molar-refractivity contribution is 7.14. The summed E-state index contributed by atoms with van der Waals surface area (Å²) >= 11 is 1.37. The molecular weight excluding hydrogens is 330 g/mol. The summed E-state index contributed by atoms with van der Waals surface area (Å²) < 4.78 is 24.4. The molecule has 0 bridgehead atoms. The van der Waals surface area contributed by atoms with E-state index >= 15 is 0 Å². The third-order valence-corrected chi connectivity index (χ3v) is 7.25. The van der Waals surface area contributed by atoms with Gasteiger partial charge in [0.05, 0.1) is 6.25 Å². The smallest absolute Gasteiger partial charge is 0.374 e. The molecule has 0 radical (unpaired) electrons. The van der Waals surface area contributed by atoms with Crippen LogP contribution in [0.4, 0.5) is 0 Å². The molecule has 7 heteroatoms. The van der Waals surface area contributed by atoms with Crippen LogP contribution in [0.15, 0.2) is 18.7 Å². The predicted molar refractivity (Wildman–Crippen MR) is 96.8 cm³/mol. The summed E-state index contributed by atoms with van der Waals surface area (Å²) in [6.45, 7) is 9.22. The molecule has 0 unspecified atom stereocenters. The third-order valence-electron chi connectivity index (χ3n) is 3.05. The highest BCUT2D eigenvalue weighted by atomic mass is 32.1. The van der Waals surface area contributed by atoms with Gasteiger partial charge in [-0.05, 0) is 39.3 Å². The quantitative estimate of drug-likeness (QED) is 0.458. The largest absolute Gasteiger partial charge is 0.500 e. The number of carbonyl (C=O) groups is 1. The van der Waals surface area contributed by atoms with Crippen molar-refractivity contribution in [2.75, 3.05) is 26.4 Å². The van der Waals surface area contributed by atoms with E-state index in [0.717, 1.165) is 11.3 Å². The molecule has 0 aliphatic carbocycles. The Morgan fingerprint density at radius 3 is 2.52 bits per heavy atom. The number of rotatable bonds is 12. The normalized spacial score (nSPS) is 12.6. The van der Waals surface area contributed by atoms with Gasteiger partial charge in [0, 0.05) is 37.3 Å². The van der Waals surface area contributed by atoms with Crippen LogP contribution < -0.4 is 5.32 Å². The first-order chi connectivity index (χ1) is 11.6. The Hall–Kier alpha value is -0.993. The van der Waals surface area contributed by atoms with Crippen molar-refractivity contribution in [2.24, 2.45) is 0 Å². The zero-order valence-electron chi connectivity index (χ0n) is 15.1. The molecule has 1 amide bonds. The van der Waals surface area contributed by atoms with Gasteiger partial charge in [-0.25, -0.2) is 0 Å². The van der Waals surface area contributed by atoms with E-state index in [1.807, 2.05) is 26.8 Å². The highest BCUT2D eigenvalue weighted by Gasteiger charge is 2.39. The molecular formula is C16H27NO4SSi. The first-order valence-electron chi connectivity index (χ1n) is 8.53. The third kappa shape index (κ3) is 6.56. The average Bonchev–Trinajstić information content (AvgIpc) is 3.01. The molecule has 5 nitrogen and oxygen atoms in total. The van der Waals surface area contributed by atoms with Crippen LogP contribution in [-0.4, -0.2) is 41.1 Å². The van der Waals surface area contributed by atoms with E-state index in [9.17, 15) is 4.79 Å². The zero-order valence-corrected chi connectivity index (χ0v) is 15.9. The van der Waals surface area contributed by atoms with Crippen molar-refractivity contribution >= 4 is 32.1 Å². The molecule has 0 aromatic carbocycles. The van der Waals surface area contributed by atoms with Gasteiger partial charge in [0.1, 0.15) is 0 Å². The maximum absolute atomic E-state index is 12.1. The molecule has 0 aliphatic heterocycles. The summed E-state index contributed by atoms with van der Waals surface area (Å²) in [5, 5.41) is 2.91. The highest BCUT2D eigenvalue weighted by Crippen LogP contribution is 2.19. The molecule has 0 saturated heterocycles. The van der Waals surface area contributed by atoms with E-state index in [1.165, 1.54) is 17.9 Å².